The molecule has 6 heteroatoms. The third-order valence-corrected chi connectivity index (χ3v) is 1.50. The van der Waals surface area contributed by atoms with E-state index in [1.165, 1.54) is 0 Å². The molecule has 14 heavy (non-hydrogen) atoms. The van der Waals surface area contributed by atoms with Crippen LogP contribution in [0.5, 0.6) is 0 Å². The highest BCUT2D eigenvalue weighted by Gasteiger charge is 2.11. The van der Waals surface area contributed by atoms with E-state index in [-0.39, 0.29) is 11.2 Å². The molecule has 0 aliphatic carbocycles. The van der Waals surface area contributed by atoms with Gasteiger partial charge in [-0.25, -0.2) is 9.89 Å². The summed E-state index contributed by atoms with van der Waals surface area (Å²) < 4.78 is 0. The lowest BCUT2D eigenvalue weighted by Crippen LogP contribution is -2.29. The monoisotopic (exact) mass is 198 g/mol. The van der Waals surface area contributed by atoms with Gasteiger partial charge in [-0.15, -0.1) is 5.10 Å². The minimum atomic E-state index is -0.601. The maximum absolute atomic E-state index is 11.2. The van der Waals surface area contributed by atoms with Gasteiger partial charge in [0, 0.05) is 6.54 Å². The molecule has 78 valence electrons. The topological polar surface area (TPSA) is 90.6 Å². The third kappa shape index (κ3) is 3.04. The Bertz CT molecular complexity index is 412. The molecule has 0 fully saturated rings. The second-order valence-corrected chi connectivity index (χ2v) is 4.27. The second-order valence-electron chi connectivity index (χ2n) is 4.27. The summed E-state index contributed by atoms with van der Waals surface area (Å²) in [6, 6.07) is 0. The molecule has 0 saturated carbocycles. The van der Waals surface area contributed by atoms with Crippen molar-refractivity contribution >= 4 is 5.82 Å². The maximum Gasteiger partial charge on any atom is 0.342 e. The van der Waals surface area contributed by atoms with Crippen LogP contribution in [0.15, 0.2) is 9.59 Å². The summed E-state index contributed by atoms with van der Waals surface area (Å²) in [7, 11) is 0. The van der Waals surface area contributed by atoms with E-state index in [0.717, 1.165) is 0 Å². The van der Waals surface area contributed by atoms with Crippen LogP contribution in [-0.2, 0) is 0 Å². The van der Waals surface area contributed by atoms with E-state index in [9.17, 15) is 9.59 Å². The summed E-state index contributed by atoms with van der Waals surface area (Å²) in [5, 5.41) is 8.60. The number of aromatic nitrogens is 3. The van der Waals surface area contributed by atoms with Crippen LogP contribution >= 0.6 is 0 Å². The van der Waals surface area contributed by atoms with E-state index in [1.807, 2.05) is 20.8 Å². The molecule has 1 heterocycles. The second kappa shape index (κ2) is 3.65. The molecule has 0 amide bonds. The molecular formula is C8H14N4O2. The van der Waals surface area contributed by atoms with Crippen molar-refractivity contribution < 1.29 is 0 Å². The zero-order valence-corrected chi connectivity index (χ0v) is 8.47. The SMILES string of the molecule is CC(C)(C)CNc1n[nH]c(=O)[nH]c1=O. The fourth-order valence-electron chi connectivity index (χ4n) is 0.816. The Morgan fingerprint density at radius 1 is 1.36 bits per heavy atom. The average molecular weight is 198 g/mol. The number of rotatable bonds is 2. The number of hydrogen-bond donors (Lipinski definition) is 3. The van der Waals surface area contributed by atoms with Gasteiger partial charge >= 0.3 is 5.69 Å². The lowest BCUT2D eigenvalue weighted by molar-refractivity contribution is 0.442. The van der Waals surface area contributed by atoms with Crippen LogP contribution in [-0.4, -0.2) is 21.7 Å². The van der Waals surface area contributed by atoms with Crippen molar-refractivity contribution in [1.29, 1.82) is 0 Å². The minimum Gasteiger partial charge on any atom is -0.364 e. The van der Waals surface area contributed by atoms with Gasteiger partial charge in [0.05, 0.1) is 0 Å². The first-order valence-electron chi connectivity index (χ1n) is 4.31. The molecule has 0 unspecified atom stereocenters. The minimum absolute atomic E-state index is 0.0459. The van der Waals surface area contributed by atoms with Gasteiger partial charge in [0.1, 0.15) is 0 Å². The summed E-state index contributed by atoms with van der Waals surface area (Å²) in [6.07, 6.45) is 0. The number of H-pyrrole nitrogens is 2. The van der Waals surface area contributed by atoms with E-state index >= 15 is 0 Å². The summed E-state index contributed by atoms with van der Waals surface area (Å²) >= 11 is 0. The van der Waals surface area contributed by atoms with Gasteiger partial charge in [-0.1, -0.05) is 20.8 Å². The van der Waals surface area contributed by atoms with Crippen LogP contribution < -0.4 is 16.6 Å². The first-order chi connectivity index (χ1) is 6.38. The quantitative estimate of drug-likeness (QED) is 0.619. The Labute approximate surface area is 80.8 Å². The molecule has 3 N–H and O–H groups in total. The van der Waals surface area contributed by atoms with Crippen LogP contribution in [0.4, 0.5) is 5.82 Å². The molecule has 6 nitrogen and oxygen atoms in total. The molecule has 1 aromatic rings. The highest BCUT2D eigenvalue weighted by molar-refractivity contribution is 5.28. The predicted molar refractivity (Wildman–Crippen MR) is 53.4 cm³/mol. The summed E-state index contributed by atoms with van der Waals surface area (Å²) in [4.78, 5) is 23.9. The fraction of sp³-hybridized carbons (Fsp3) is 0.625. The van der Waals surface area contributed by atoms with Crippen molar-refractivity contribution in [3.05, 3.63) is 20.8 Å². The van der Waals surface area contributed by atoms with Gasteiger partial charge in [-0.3, -0.25) is 9.78 Å². The van der Waals surface area contributed by atoms with Crippen molar-refractivity contribution in [2.75, 3.05) is 11.9 Å². The van der Waals surface area contributed by atoms with Gasteiger partial charge in [0.15, 0.2) is 0 Å². The van der Waals surface area contributed by atoms with Gasteiger partial charge < -0.3 is 5.32 Å². The van der Waals surface area contributed by atoms with Crippen LogP contribution in [0.25, 0.3) is 0 Å². The molecule has 0 atom stereocenters. The molecule has 0 radical (unpaired) electrons. The number of aromatic amines is 2. The van der Waals surface area contributed by atoms with Gasteiger partial charge in [0.2, 0.25) is 5.82 Å². The molecule has 1 rings (SSSR count). The van der Waals surface area contributed by atoms with Gasteiger partial charge in [-0.05, 0) is 5.41 Å². The van der Waals surface area contributed by atoms with E-state index in [2.05, 4.69) is 20.5 Å². The number of anilines is 1. The lowest BCUT2D eigenvalue weighted by Gasteiger charge is -2.18. The Morgan fingerprint density at radius 3 is 2.50 bits per heavy atom. The highest BCUT2D eigenvalue weighted by atomic mass is 16.2. The van der Waals surface area contributed by atoms with Gasteiger partial charge in [-0.2, -0.15) is 0 Å². The summed E-state index contributed by atoms with van der Waals surface area (Å²) in [6.45, 7) is 6.69. The summed E-state index contributed by atoms with van der Waals surface area (Å²) in [5.41, 5.74) is -1.06. The smallest absolute Gasteiger partial charge is 0.342 e. The van der Waals surface area contributed by atoms with Crippen LogP contribution in [0.3, 0.4) is 0 Å². The standard InChI is InChI=1S/C8H14N4O2/c1-8(2,3)4-9-5-6(13)10-7(14)12-11-5/h4H2,1-3H3,(H,9,11)(H2,10,12,13,14). The summed E-state index contributed by atoms with van der Waals surface area (Å²) in [5.74, 6) is 0.138. The first-order valence-corrected chi connectivity index (χ1v) is 4.31. The van der Waals surface area contributed by atoms with Crippen LogP contribution in [0, 0.1) is 5.41 Å². The zero-order valence-electron chi connectivity index (χ0n) is 8.47. The number of nitrogens with one attached hydrogen (secondary N) is 3. The molecule has 0 saturated heterocycles. The Balaban J connectivity index is 2.79. The van der Waals surface area contributed by atoms with Crippen molar-refractivity contribution in [2.45, 2.75) is 20.8 Å². The average Bonchev–Trinajstić information content (AvgIpc) is 2.00. The molecule has 0 aliphatic heterocycles. The molecule has 0 aliphatic rings. The van der Waals surface area contributed by atoms with E-state index in [4.69, 9.17) is 0 Å². The first kappa shape index (κ1) is 10.5. The van der Waals surface area contributed by atoms with Crippen LogP contribution in [0.1, 0.15) is 20.8 Å². The van der Waals surface area contributed by atoms with Crippen molar-refractivity contribution in [3.8, 4) is 0 Å². The highest BCUT2D eigenvalue weighted by Crippen LogP contribution is 2.11. The largest absolute Gasteiger partial charge is 0.364 e. The number of hydrogen-bond acceptors (Lipinski definition) is 4. The lowest BCUT2D eigenvalue weighted by atomic mass is 9.97. The van der Waals surface area contributed by atoms with E-state index in [0.29, 0.717) is 6.54 Å². The van der Waals surface area contributed by atoms with E-state index in [1.54, 1.807) is 0 Å². The zero-order chi connectivity index (χ0) is 10.8. The van der Waals surface area contributed by atoms with Crippen molar-refractivity contribution in [1.82, 2.24) is 15.2 Å². The number of nitrogens with zero attached hydrogens (tertiary/aromatic N) is 1. The molecular weight excluding hydrogens is 184 g/mol. The molecule has 0 spiro atoms. The molecule has 0 bridgehead atoms. The Kier molecular flexibility index (Phi) is 2.73. The van der Waals surface area contributed by atoms with Crippen molar-refractivity contribution in [3.63, 3.8) is 0 Å². The van der Waals surface area contributed by atoms with Crippen LogP contribution in [0.2, 0.25) is 0 Å². The molecule has 0 aromatic carbocycles. The van der Waals surface area contributed by atoms with E-state index < -0.39 is 11.2 Å². The molecule has 1 aromatic heterocycles. The normalized spacial score (nSPS) is 11.4. The third-order valence-electron chi connectivity index (χ3n) is 1.50. The fourth-order valence-corrected chi connectivity index (χ4v) is 0.816. The van der Waals surface area contributed by atoms with Crippen molar-refractivity contribution in [2.24, 2.45) is 5.41 Å². The Morgan fingerprint density at radius 2 is 2.00 bits per heavy atom. The Hall–Kier alpha value is -1.59. The predicted octanol–water partition coefficient (Wildman–Crippen LogP) is -0.0838. The maximum atomic E-state index is 11.2. The van der Waals surface area contributed by atoms with Gasteiger partial charge in [0.25, 0.3) is 5.56 Å².